The second-order valence-corrected chi connectivity index (χ2v) is 3.10. The predicted molar refractivity (Wildman–Crippen MR) is 54.9 cm³/mol. The van der Waals surface area contributed by atoms with E-state index in [1.54, 1.807) is 0 Å². The molecule has 0 amide bonds. The lowest BCUT2D eigenvalue weighted by Crippen LogP contribution is -2.03. The van der Waals surface area contributed by atoms with Gasteiger partial charge in [0, 0.05) is 6.07 Å². The summed E-state index contributed by atoms with van der Waals surface area (Å²) in [4.78, 5) is 29.7. The number of nitrogens with zero attached hydrogens (tertiary/aromatic N) is 2. The van der Waals surface area contributed by atoms with E-state index in [0.717, 1.165) is 18.6 Å². The van der Waals surface area contributed by atoms with Crippen LogP contribution in [0.1, 0.15) is 18.6 Å². The van der Waals surface area contributed by atoms with Gasteiger partial charge in [0.05, 0.1) is 21.5 Å². The monoisotopic (exact) mass is 239 g/mol. The Morgan fingerprint density at radius 2 is 1.94 bits per heavy atom. The minimum absolute atomic E-state index is 0.0731. The quantitative estimate of drug-likeness (QED) is 0.570. The predicted octanol–water partition coefficient (Wildman–Crippen LogP) is 1.65. The third-order valence-electron chi connectivity index (χ3n) is 2.08. The van der Waals surface area contributed by atoms with E-state index in [1.165, 1.54) is 13.0 Å². The number of rotatable bonds is 5. The van der Waals surface area contributed by atoms with E-state index < -0.39 is 27.3 Å². The van der Waals surface area contributed by atoms with Crippen molar-refractivity contribution in [2.75, 3.05) is 0 Å². The van der Waals surface area contributed by atoms with Crippen LogP contribution in [0.2, 0.25) is 0 Å². The summed E-state index contributed by atoms with van der Waals surface area (Å²) in [6.07, 6.45) is -0.895. The summed E-state index contributed by atoms with van der Waals surface area (Å²) in [6.45, 7) is 2.56. The number of carbonyl (C=O) groups excluding carboxylic acids is 1. The molecule has 0 saturated carbocycles. The van der Waals surface area contributed by atoms with Crippen molar-refractivity contribution in [3.8, 4) is 0 Å². The van der Waals surface area contributed by atoms with Crippen LogP contribution < -0.4 is 0 Å². The van der Waals surface area contributed by atoms with Gasteiger partial charge in [0.1, 0.15) is 6.10 Å². The Bertz CT molecular complexity index is 473. The van der Waals surface area contributed by atoms with Crippen LogP contribution in [0.15, 0.2) is 18.2 Å². The third-order valence-corrected chi connectivity index (χ3v) is 2.08. The first-order valence-corrected chi connectivity index (χ1v) is 4.43. The normalized spacial score (nSPS) is 11.6. The summed E-state index contributed by atoms with van der Waals surface area (Å²) < 4.78 is 4.44. The second kappa shape index (κ2) is 5.01. The molecule has 0 aliphatic heterocycles. The van der Waals surface area contributed by atoms with Crippen molar-refractivity contribution in [1.29, 1.82) is 0 Å². The number of hydrogen-bond donors (Lipinski definition) is 0. The highest BCUT2D eigenvalue weighted by Crippen LogP contribution is 2.30. The number of non-ortho nitro benzene ring substituents is 1. The molecule has 0 bridgehead atoms. The van der Waals surface area contributed by atoms with Gasteiger partial charge in [-0.15, -0.1) is 0 Å². The third kappa shape index (κ3) is 2.74. The SMILES string of the molecule is CC(O[C]=O)c1ccc([N+](=O)[O-])cc1[N+](=O)[O-]. The van der Waals surface area contributed by atoms with E-state index in [2.05, 4.69) is 4.74 Å². The first kappa shape index (κ1) is 12.6. The maximum absolute atomic E-state index is 10.7. The van der Waals surface area contributed by atoms with Gasteiger partial charge in [-0.3, -0.25) is 20.2 Å². The first-order valence-electron chi connectivity index (χ1n) is 4.43. The fourth-order valence-electron chi connectivity index (χ4n) is 1.28. The summed E-state index contributed by atoms with van der Waals surface area (Å²) in [5.41, 5.74) is -0.798. The van der Waals surface area contributed by atoms with E-state index in [1.807, 2.05) is 0 Å². The van der Waals surface area contributed by atoms with E-state index in [9.17, 15) is 25.0 Å². The summed E-state index contributed by atoms with van der Waals surface area (Å²) >= 11 is 0. The number of nitro groups is 2. The van der Waals surface area contributed by atoms with E-state index in [4.69, 9.17) is 0 Å². The lowest BCUT2D eigenvalue weighted by Gasteiger charge is -2.08. The Morgan fingerprint density at radius 3 is 2.41 bits per heavy atom. The number of ether oxygens (including phenoxy) is 1. The van der Waals surface area contributed by atoms with Gasteiger partial charge in [-0.1, -0.05) is 0 Å². The van der Waals surface area contributed by atoms with Gasteiger partial charge in [-0.05, 0) is 13.0 Å². The zero-order valence-corrected chi connectivity index (χ0v) is 8.65. The molecule has 1 atom stereocenters. The van der Waals surface area contributed by atoms with Gasteiger partial charge in [-0.2, -0.15) is 0 Å². The highest BCUT2D eigenvalue weighted by molar-refractivity contribution is 5.51. The number of benzene rings is 1. The second-order valence-electron chi connectivity index (χ2n) is 3.10. The summed E-state index contributed by atoms with van der Waals surface area (Å²) in [7, 11) is 0. The number of hydrogen-bond acceptors (Lipinski definition) is 6. The molecule has 1 radical (unpaired) electrons. The van der Waals surface area contributed by atoms with Crippen molar-refractivity contribution < 1.29 is 19.4 Å². The summed E-state index contributed by atoms with van der Waals surface area (Å²) in [5, 5.41) is 21.2. The fraction of sp³-hybridized carbons (Fsp3) is 0.222. The van der Waals surface area contributed by atoms with Crippen LogP contribution in [0.3, 0.4) is 0 Å². The highest BCUT2D eigenvalue weighted by Gasteiger charge is 2.23. The molecule has 0 N–H and O–H groups in total. The molecule has 0 aliphatic rings. The van der Waals surface area contributed by atoms with E-state index >= 15 is 0 Å². The van der Waals surface area contributed by atoms with Crippen molar-refractivity contribution in [2.24, 2.45) is 0 Å². The van der Waals surface area contributed by atoms with Crippen molar-refractivity contribution in [1.82, 2.24) is 0 Å². The molecular weight excluding hydrogens is 232 g/mol. The average molecular weight is 239 g/mol. The molecule has 0 heterocycles. The summed E-state index contributed by atoms with van der Waals surface area (Å²) in [5.74, 6) is 0. The summed E-state index contributed by atoms with van der Waals surface area (Å²) in [6, 6.07) is 3.10. The van der Waals surface area contributed by atoms with Crippen molar-refractivity contribution in [3.05, 3.63) is 44.0 Å². The first-order chi connectivity index (χ1) is 7.97. The minimum atomic E-state index is -0.895. The molecule has 0 fully saturated rings. The smallest absolute Gasteiger partial charge is 0.418 e. The van der Waals surface area contributed by atoms with Crippen molar-refractivity contribution >= 4 is 17.8 Å². The molecule has 1 rings (SSSR count). The van der Waals surface area contributed by atoms with Crippen LogP contribution in [0, 0.1) is 20.2 Å². The van der Waals surface area contributed by atoms with Crippen LogP contribution in [0.25, 0.3) is 0 Å². The molecule has 0 aliphatic carbocycles. The van der Waals surface area contributed by atoms with Gasteiger partial charge in [0.25, 0.3) is 11.4 Å². The molecule has 0 aromatic heterocycles. The van der Waals surface area contributed by atoms with Crippen LogP contribution in [0.4, 0.5) is 11.4 Å². The molecule has 8 nitrogen and oxygen atoms in total. The van der Waals surface area contributed by atoms with E-state index in [0.29, 0.717) is 0 Å². The molecule has 8 heteroatoms. The number of nitro benzene ring substituents is 2. The van der Waals surface area contributed by atoms with Crippen molar-refractivity contribution in [2.45, 2.75) is 13.0 Å². The van der Waals surface area contributed by atoms with Gasteiger partial charge >= 0.3 is 6.47 Å². The molecule has 17 heavy (non-hydrogen) atoms. The maximum atomic E-state index is 10.7. The fourth-order valence-corrected chi connectivity index (χ4v) is 1.28. The Balaban J connectivity index is 3.26. The zero-order chi connectivity index (χ0) is 13.0. The topological polar surface area (TPSA) is 113 Å². The van der Waals surface area contributed by atoms with Gasteiger partial charge in [0.2, 0.25) is 0 Å². The molecule has 1 aromatic rings. The molecule has 1 aromatic carbocycles. The molecule has 0 saturated heterocycles. The molecular formula is C9H7N2O6. The van der Waals surface area contributed by atoms with Gasteiger partial charge in [0.15, 0.2) is 0 Å². The molecule has 89 valence electrons. The van der Waals surface area contributed by atoms with Crippen LogP contribution >= 0.6 is 0 Å². The van der Waals surface area contributed by atoms with Crippen LogP contribution in [-0.2, 0) is 9.53 Å². The molecule has 0 spiro atoms. The standard InChI is InChI=1S/C9H7N2O6/c1-6(17-5-12)8-3-2-7(10(13)14)4-9(8)11(15)16/h2-4,6H,1H3. The van der Waals surface area contributed by atoms with Crippen LogP contribution in [0.5, 0.6) is 0 Å². The Labute approximate surface area is 95.1 Å². The van der Waals surface area contributed by atoms with Gasteiger partial charge < -0.3 is 4.74 Å². The van der Waals surface area contributed by atoms with E-state index in [-0.39, 0.29) is 5.56 Å². The maximum Gasteiger partial charge on any atom is 0.418 e. The zero-order valence-electron chi connectivity index (χ0n) is 8.65. The van der Waals surface area contributed by atoms with Crippen LogP contribution in [-0.4, -0.2) is 16.3 Å². The van der Waals surface area contributed by atoms with Gasteiger partial charge in [-0.25, -0.2) is 4.79 Å². The Hall–Kier alpha value is -2.51. The largest absolute Gasteiger partial charge is 0.449 e. The average Bonchev–Trinajstić information content (AvgIpc) is 2.28. The highest BCUT2D eigenvalue weighted by atomic mass is 16.6. The lowest BCUT2D eigenvalue weighted by molar-refractivity contribution is -0.394. The van der Waals surface area contributed by atoms with Crippen molar-refractivity contribution in [3.63, 3.8) is 0 Å². The molecule has 1 unspecified atom stereocenters. The Kier molecular flexibility index (Phi) is 3.70. The minimum Gasteiger partial charge on any atom is -0.449 e. The lowest BCUT2D eigenvalue weighted by atomic mass is 10.1. The Morgan fingerprint density at radius 1 is 1.29 bits per heavy atom.